The SMILES string of the molecule is CNS(=O)(=O)Nc1ccc(Oc2c(C(=O)NC3CC3)c(Nc3ccc(I)cc3F)n(C)c(=O)c2C)c(C)c1. The number of pyridine rings is 1. The average molecular weight is 655 g/mol. The van der Waals surface area contributed by atoms with E-state index in [9.17, 15) is 22.4 Å². The predicted molar refractivity (Wildman–Crippen MR) is 152 cm³/mol. The summed E-state index contributed by atoms with van der Waals surface area (Å²) in [6, 6.07) is 9.17. The maximum absolute atomic E-state index is 14.7. The van der Waals surface area contributed by atoms with Crippen LogP contribution in [-0.2, 0) is 17.3 Å². The molecule has 0 bridgehead atoms. The van der Waals surface area contributed by atoms with Crippen LogP contribution >= 0.6 is 22.6 Å². The van der Waals surface area contributed by atoms with E-state index in [0.717, 1.165) is 12.8 Å². The smallest absolute Gasteiger partial charge is 0.298 e. The molecular formula is C25H27FIN5O5S. The molecule has 0 radical (unpaired) electrons. The van der Waals surface area contributed by atoms with Crippen molar-refractivity contribution < 1.29 is 22.3 Å². The van der Waals surface area contributed by atoms with Crippen LogP contribution in [0.4, 0.5) is 21.6 Å². The Kier molecular flexibility index (Phi) is 7.99. The fourth-order valence-electron chi connectivity index (χ4n) is 3.74. The van der Waals surface area contributed by atoms with Crippen molar-refractivity contribution in [3.05, 3.63) is 72.8 Å². The molecule has 1 fully saturated rings. The fraction of sp³-hybridized carbons (Fsp3) is 0.280. The monoisotopic (exact) mass is 655 g/mol. The molecule has 0 saturated heterocycles. The lowest BCUT2D eigenvalue weighted by Crippen LogP contribution is -2.31. The van der Waals surface area contributed by atoms with Crippen LogP contribution in [-0.4, -0.2) is 32.0 Å². The molecule has 4 N–H and O–H groups in total. The Labute approximate surface area is 233 Å². The Morgan fingerprint density at radius 3 is 2.47 bits per heavy atom. The van der Waals surface area contributed by atoms with E-state index in [1.807, 2.05) is 22.6 Å². The second-order valence-electron chi connectivity index (χ2n) is 8.93. The number of amides is 1. The predicted octanol–water partition coefficient (Wildman–Crippen LogP) is 4.05. The average Bonchev–Trinajstić information content (AvgIpc) is 3.67. The van der Waals surface area contributed by atoms with Crippen molar-refractivity contribution in [1.82, 2.24) is 14.6 Å². The molecule has 2 aromatic carbocycles. The molecule has 1 saturated carbocycles. The largest absolute Gasteiger partial charge is 0.456 e. The van der Waals surface area contributed by atoms with Gasteiger partial charge in [0, 0.05) is 23.7 Å². The van der Waals surface area contributed by atoms with Crippen LogP contribution in [0, 0.1) is 23.2 Å². The van der Waals surface area contributed by atoms with Gasteiger partial charge in [-0.1, -0.05) is 0 Å². The highest BCUT2D eigenvalue weighted by molar-refractivity contribution is 14.1. The standard InChI is InChI=1S/C25H27FIN5O5S/c1-13-11-17(31-38(35,36)28-3)8-10-20(13)37-22-14(2)25(34)32(4)23(21(22)24(33)29-16-6-7-16)30-19-9-5-15(27)12-18(19)26/h5,8-12,16,28,30-31H,6-7H2,1-4H3,(H,29,33). The fourth-order valence-corrected chi connectivity index (χ4v) is 4.74. The Hall–Kier alpha value is -3.17. The summed E-state index contributed by atoms with van der Waals surface area (Å²) in [5.74, 6) is -0.612. The second-order valence-corrected chi connectivity index (χ2v) is 11.8. The number of anilines is 3. The molecule has 4 rings (SSSR count). The highest BCUT2D eigenvalue weighted by atomic mass is 127. The zero-order chi connectivity index (χ0) is 27.8. The molecule has 1 aromatic heterocycles. The Bertz CT molecular complexity index is 1590. The maximum atomic E-state index is 14.7. The van der Waals surface area contributed by atoms with Crippen LogP contribution in [0.5, 0.6) is 11.5 Å². The minimum Gasteiger partial charge on any atom is -0.456 e. The molecule has 1 heterocycles. The molecule has 202 valence electrons. The van der Waals surface area contributed by atoms with Crippen LogP contribution in [0.25, 0.3) is 0 Å². The van der Waals surface area contributed by atoms with Gasteiger partial charge in [0.25, 0.3) is 21.7 Å². The van der Waals surface area contributed by atoms with E-state index in [4.69, 9.17) is 4.74 Å². The number of aryl methyl sites for hydroxylation is 1. The highest BCUT2D eigenvalue weighted by Crippen LogP contribution is 2.36. The molecule has 0 aliphatic heterocycles. The molecule has 0 spiro atoms. The summed E-state index contributed by atoms with van der Waals surface area (Å²) < 4.78 is 51.1. The lowest BCUT2D eigenvalue weighted by Gasteiger charge is -2.22. The Morgan fingerprint density at radius 1 is 1.16 bits per heavy atom. The lowest BCUT2D eigenvalue weighted by atomic mass is 10.1. The normalized spacial score (nSPS) is 13.2. The van der Waals surface area contributed by atoms with E-state index in [0.29, 0.717) is 20.6 Å². The summed E-state index contributed by atoms with van der Waals surface area (Å²) in [4.78, 5) is 26.7. The van der Waals surface area contributed by atoms with Gasteiger partial charge in [0.05, 0.1) is 16.9 Å². The summed E-state index contributed by atoms with van der Waals surface area (Å²) in [5.41, 5.74) is 0.733. The molecule has 1 aliphatic carbocycles. The van der Waals surface area contributed by atoms with E-state index in [1.54, 1.807) is 26.0 Å². The molecule has 0 atom stereocenters. The van der Waals surface area contributed by atoms with Crippen molar-refractivity contribution in [2.24, 2.45) is 7.05 Å². The molecule has 1 amide bonds. The van der Waals surface area contributed by atoms with Crippen molar-refractivity contribution in [2.45, 2.75) is 32.7 Å². The lowest BCUT2D eigenvalue weighted by molar-refractivity contribution is 0.0948. The third kappa shape index (κ3) is 6.10. The molecule has 13 heteroatoms. The topological polar surface area (TPSA) is 131 Å². The number of nitrogens with zero attached hydrogens (tertiary/aromatic N) is 1. The summed E-state index contributed by atoms with van der Waals surface area (Å²) in [6.45, 7) is 3.25. The van der Waals surface area contributed by atoms with E-state index in [2.05, 4.69) is 20.1 Å². The van der Waals surface area contributed by atoms with Gasteiger partial charge in [0.1, 0.15) is 22.9 Å². The molecule has 38 heavy (non-hydrogen) atoms. The number of hydrogen-bond acceptors (Lipinski definition) is 6. The molecule has 0 unspecified atom stereocenters. The first-order valence-electron chi connectivity index (χ1n) is 11.7. The van der Waals surface area contributed by atoms with Crippen LogP contribution in [0.1, 0.15) is 34.3 Å². The Morgan fingerprint density at radius 2 is 1.87 bits per heavy atom. The first-order valence-corrected chi connectivity index (χ1v) is 14.2. The zero-order valence-electron chi connectivity index (χ0n) is 21.1. The van der Waals surface area contributed by atoms with Gasteiger partial charge in [-0.25, -0.2) is 9.11 Å². The van der Waals surface area contributed by atoms with Gasteiger partial charge in [0.15, 0.2) is 5.75 Å². The van der Waals surface area contributed by atoms with Crippen LogP contribution < -0.4 is 30.4 Å². The number of hydrogen-bond donors (Lipinski definition) is 4. The van der Waals surface area contributed by atoms with Crippen molar-refractivity contribution >= 4 is 55.9 Å². The quantitative estimate of drug-likeness (QED) is 0.258. The first-order chi connectivity index (χ1) is 17.9. The van der Waals surface area contributed by atoms with Crippen LogP contribution in [0.2, 0.25) is 0 Å². The number of nitrogens with one attached hydrogen (secondary N) is 4. The zero-order valence-corrected chi connectivity index (χ0v) is 24.1. The number of halogens is 2. The second kappa shape index (κ2) is 10.9. The number of carbonyl (C=O) groups is 1. The third-order valence-electron chi connectivity index (χ3n) is 6.00. The number of ether oxygens (including phenoxy) is 1. The van der Waals surface area contributed by atoms with Gasteiger partial charge in [-0.2, -0.15) is 8.42 Å². The van der Waals surface area contributed by atoms with E-state index in [1.165, 1.54) is 42.9 Å². The van der Waals surface area contributed by atoms with E-state index >= 15 is 0 Å². The summed E-state index contributed by atoms with van der Waals surface area (Å²) >= 11 is 1.99. The molecule has 1 aliphatic rings. The summed E-state index contributed by atoms with van der Waals surface area (Å²) in [7, 11) is -0.942. The van der Waals surface area contributed by atoms with Gasteiger partial charge < -0.3 is 15.4 Å². The maximum Gasteiger partial charge on any atom is 0.298 e. The first kappa shape index (κ1) is 27.9. The summed E-state index contributed by atoms with van der Waals surface area (Å²) in [5, 5.41) is 5.84. The van der Waals surface area contributed by atoms with Gasteiger partial charge in [0.2, 0.25) is 0 Å². The van der Waals surface area contributed by atoms with Crippen LogP contribution in [0.3, 0.4) is 0 Å². The molecule has 10 nitrogen and oxygen atoms in total. The highest BCUT2D eigenvalue weighted by Gasteiger charge is 2.31. The Balaban J connectivity index is 1.82. The van der Waals surface area contributed by atoms with E-state index in [-0.39, 0.29) is 34.4 Å². The van der Waals surface area contributed by atoms with Gasteiger partial charge in [-0.05, 0) is 91.2 Å². The third-order valence-corrected chi connectivity index (χ3v) is 7.71. The van der Waals surface area contributed by atoms with E-state index < -0.39 is 27.5 Å². The summed E-state index contributed by atoms with van der Waals surface area (Å²) in [6.07, 6.45) is 1.68. The van der Waals surface area contributed by atoms with Gasteiger partial charge >= 0.3 is 0 Å². The molecular weight excluding hydrogens is 628 g/mol. The van der Waals surface area contributed by atoms with Gasteiger partial charge in [-0.15, -0.1) is 0 Å². The number of rotatable bonds is 9. The number of aromatic nitrogens is 1. The van der Waals surface area contributed by atoms with Crippen molar-refractivity contribution in [1.29, 1.82) is 0 Å². The van der Waals surface area contributed by atoms with Gasteiger partial charge in [-0.3, -0.25) is 18.9 Å². The van der Waals surface area contributed by atoms with Crippen molar-refractivity contribution in [2.75, 3.05) is 17.1 Å². The number of carbonyl (C=O) groups excluding carboxylic acids is 1. The van der Waals surface area contributed by atoms with Crippen molar-refractivity contribution in [3.8, 4) is 11.5 Å². The minimum absolute atomic E-state index is 0.0111. The number of benzene rings is 2. The van der Waals surface area contributed by atoms with Crippen LogP contribution in [0.15, 0.2) is 41.2 Å². The molecule has 3 aromatic rings. The van der Waals surface area contributed by atoms with Crippen molar-refractivity contribution in [3.63, 3.8) is 0 Å². The minimum atomic E-state index is -3.72.